The summed E-state index contributed by atoms with van der Waals surface area (Å²) in [6.07, 6.45) is 3.76. The molecule has 1 aromatic heterocycles. The molecule has 0 aromatic carbocycles. The normalized spacial score (nSPS) is 16.8. The summed E-state index contributed by atoms with van der Waals surface area (Å²) in [5.74, 6) is 0.297. The van der Waals surface area contributed by atoms with Crippen LogP contribution in [0.1, 0.15) is 27.5 Å². The number of thiazole rings is 1. The van der Waals surface area contributed by atoms with E-state index < -0.39 is 0 Å². The van der Waals surface area contributed by atoms with E-state index in [1.54, 1.807) is 6.20 Å². The van der Waals surface area contributed by atoms with Crippen molar-refractivity contribution in [1.29, 1.82) is 0 Å². The van der Waals surface area contributed by atoms with Crippen LogP contribution in [-0.4, -0.2) is 21.9 Å². The fraction of sp³-hybridized carbons (Fsp3) is 0.500. The van der Waals surface area contributed by atoms with Crippen LogP contribution in [0.3, 0.4) is 0 Å². The van der Waals surface area contributed by atoms with Crippen molar-refractivity contribution in [2.75, 3.05) is 0 Å². The molecule has 0 bridgehead atoms. The lowest BCUT2D eigenvalue weighted by Crippen LogP contribution is -2.44. The molecule has 6 heteroatoms. The maximum absolute atomic E-state index is 11.8. The predicted molar refractivity (Wildman–Crippen MR) is 67.6 cm³/mol. The second-order valence-electron chi connectivity index (χ2n) is 3.93. The van der Waals surface area contributed by atoms with E-state index >= 15 is 0 Å². The molecule has 86 valence electrons. The standard InChI is InChI=1S/C10H13N3OS2/c1-5-12-4-7(16-5)10(14)13-8(9(11)15)6-2-3-6/h4,6,8H,2-3H2,1H3,(H2,11,15)(H,13,14). The lowest BCUT2D eigenvalue weighted by molar-refractivity contribution is 0.0947. The molecular weight excluding hydrogens is 242 g/mol. The minimum Gasteiger partial charge on any atom is -0.392 e. The van der Waals surface area contributed by atoms with Crippen molar-refractivity contribution in [3.05, 3.63) is 16.1 Å². The van der Waals surface area contributed by atoms with Crippen molar-refractivity contribution < 1.29 is 4.79 Å². The molecule has 1 unspecified atom stereocenters. The number of aryl methyl sites for hydroxylation is 1. The van der Waals surface area contributed by atoms with E-state index in [0.29, 0.717) is 15.8 Å². The highest BCUT2D eigenvalue weighted by atomic mass is 32.1. The van der Waals surface area contributed by atoms with Gasteiger partial charge in [-0.25, -0.2) is 4.98 Å². The van der Waals surface area contributed by atoms with E-state index in [9.17, 15) is 4.79 Å². The number of rotatable bonds is 4. The zero-order valence-electron chi connectivity index (χ0n) is 8.90. The van der Waals surface area contributed by atoms with E-state index in [2.05, 4.69) is 10.3 Å². The van der Waals surface area contributed by atoms with E-state index in [0.717, 1.165) is 17.8 Å². The summed E-state index contributed by atoms with van der Waals surface area (Å²) >= 11 is 6.33. The summed E-state index contributed by atoms with van der Waals surface area (Å²) in [6, 6.07) is -0.162. The Bertz CT molecular complexity index is 425. The Balaban J connectivity index is 2.02. The molecule has 2 rings (SSSR count). The molecule has 1 aliphatic rings. The number of nitrogens with one attached hydrogen (secondary N) is 1. The molecule has 0 saturated heterocycles. The minimum absolute atomic E-state index is 0.129. The Kier molecular flexibility index (Phi) is 3.20. The molecule has 0 radical (unpaired) electrons. The largest absolute Gasteiger partial charge is 0.392 e. The molecule has 0 spiro atoms. The van der Waals surface area contributed by atoms with Crippen molar-refractivity contribution in [3.63, 3.8) is 0 Å². The highest BCUT2D eigenvalue weighted by Crippen LogP contribution is 2.33. The smallest absolute Gasteiger partial charge is 0.263 e. The lowest BCUT2D eigenvalue weighted by Gasteiger charge is -2.15. The topological polar surface area (TPSA) is 68.0 Å². The Labute approximate surface area is 103 Å². The number of hydrogen-bond acceptors (Lipinski definition) is 4. The van der Waals surface area contributed by atoms with Gasteiger partial charge in [0.2, 0.25) is 0 Å². The third-order valence-corrected chi connectivity index (χ3v) is 3.70. The van der Waals surface area contributed by atoms with E-state index in [4.69, 9.17) is 18.0 Å². The second-order valence-corrected chi connectivity index (χ2v) is 5.64. The molecule has 0 aliphatic heterocycles. The van der Waals surface area contributed by atoms with Crippen LogP contribution in [0.4, 0.5) is 0 Å². The monoisotopic (exact) mass is 255 g/mol. The molecular formula is C10H13N3OS2. The Morgan fingerprint density at radius 1 is 1.75 bits per heavy atom. The number of carbonyl (C=O) groups is 1. The minimum atomic E-state index is -0.162. The number of nitrogens with zero attached hydrogens (tertiary/aromatic N) is 1. The van der Waals surface area contributed by atoms with Crippen LogP contribution in [0.25, 0.3) is 0 Å². The zero-order valence-corrected chi connectivity index (χ0v) is 10.5. The second kappa shape index (κ2) is 4.47. The van der Waals surface area contributed by atoms with Crippen molar-refractivity contribution in [3.8, 4) is 0 Å². The number of aromatic nitrogens is 1. The first kappa shape index (κ1) is 11.5. The van der Waals surface area contributed by atoms with Gasteiger partial charge in [-0.2, -0.15) is 0 Å². The van der Waals surface area contributed by atoms with Crippen molar-refractivity contribution >= 4 is 34.5 Å². The zero-order chi connectivity index (χ0) is 11.7. The first-order valence-electron chi connectivity index (χ1n) is 5.10. The van der Waals surface area contributed by atoms with Crippen molar-refractivity contribution in [2.45, 2.75) is 25.8 Å². The number of hydrogen-bond donors (Lipinski definition) is 2. The number of thiocarbonyl (C=S) groups is 1. The average Bonchev–Trinajstić information content (AvgIpc) is 2.96. The molecule has 1 amide bonds. The van der Waals surface area contributed by atoms with Gasteiger partial charge in [0.25, 0.3) is 5.91 Å². The van der Waals surface area contributed by atoms with Gasteiger partial charge in [0, 0.05) is 0 Å². The van der Waals surface area contributed by atoms with Gasteiger partial charge in [-0.1, -0.05) is 12.2 Å². The lowest BCUT2D eigenvalue weighted by atomic mass is 10.2. The fourth-order valence-corrected chi connectivity index (χ4v) is 2.46. The number of carbonyl (C=O) groups excluding carboxylic acids is 1. The first-order chi connectivity index (χ1) is 7.58. The van der Waals surface area contributed by atoms with Gasteiger partial charge >= 0.3 is 0 Å². The summed E-state index contributed by atoms with van der Waals surface area (Å²) in [5.41, 5.74) is 5.61. The van der Waals surface area contributed by atoms with Crippen molar-refractivity contribution in [1.82, 2.24) is 10.3 Å². The number of nitrogens with two attached hydrogens (primary N) is 1. The molecule has 1 aromatic rings. The van der Waals surface area contributed by atoms with Gasteiger partial charge < -0.3 is 11.1 Å². The van der Waals surface area contributed by atoms with Gasteiger partial charge in [0.15, 0.2) is 0 Å². The highest BCUT2D eigenvalue weighted by Gasteiger charge is 2.34. The van der Waals surface area contributed by atoms with E-state index in [-0.39, 0.29) is 11.9 Å². The predicted octanol–water partition coefficient (Wildman–Crippen LogP) is 1.25. The van der Waals surface area contributed by atoms with Gasteiger partial charge in [0.1, 0.15) is 4.88 Å². The molecule has 1 fully saturated rings. The average molecular weight is 255 g/mol. The summed E-state index contributed by atoms with van der Waals surface area (Å²) in [6.45, 7) is 1.87. The fourth-order valence-electron chi connectivity index (χ4n) is 1.53. The van der Waals surface area contributed by atoms with Crippen LogP contribution in [0, 0.1) is 12.8 Å². The first-order valence-corrected chi connectivity index (χ1v) is 6.33. The Morgan fingerprint density at radius 3 is 2.88 bits per heavy atom. The highest BCUT2D eigenvalue weighted by molar-refractivity contribution is 7.80. The van der Waals surface area contributed by atoms with E-state index in [1.807, 2.05) is 6.92 Å². The third-order valence-electron chi connectivity index (χ3n) is 2.53. The van der Waals surface area contributed by atoms with Gasteiger partial charge in [-0.05, 0) is 25.7 Å². The Hall–Kier alpha value is -1.01. The number of amides is 1. The van der Waals surface area contributed by atoms with Crippen LogP contribution >= 0.6 is 23.6 Å². The summed E-state index contributed by atoms with van der Waals surface area (Å²) in [5, 5.41) is 3.75. The van der Waals surface area contributed by atoms with Crippen LogP contribution in [-0.2, 0) is 0 Å². The van der Waals surface area contributed by atoms with E-state index in [1.165, 1.54) is 11.3 Å². The molecule has 16 heavy (non-hydrogen) atoms. The quantitative estimate of drug-likeness (QED) is 0.794. The van der Waals surface area contributed by atoms with Crippen LogP contribution in [0.2, 0.25) is 0 Å². The van der Waals surface area contributed by atoms with Gasteiger partial charge in [0.05, 0.1) is 22.2 Å². The summed E-state index contributed by atoms with van der Waals surface area (Å²) in [4.78, 5) is 16.9. The van der Waals surface area contributed by atoms with Crippen molar-refractivity contribution in [2.24, 2.45) is 11.7 Å². The summed E-state index contributed by atoms with van der Waals surface area (Å²) < 4.78 is 0. The molecule has 1 atom stereocenters. The van der Waals surface area contributed by atoms with Crippen LogP contribution in [0.5, 0.6) is 0 Å². The molecule has 4 nitrogen and oxygen atoms in total. The van der Waals surface area contributed by atoms with Crippen LogP contribution in [0.15, 0.2) is 6.20 Å². The Morgan fingerprint density at radius 2 is 2.44 bits per heavy atom. The molecule has 1 heterocycles. The van der Waals surface area contributed by atoms with Gasteiger partial charge in [-0.15, -0.1) is 11.3 Å². The maximum Gasteiger partial charge on any atom is 0.263 e. The van der Waals surface area contributed by atoms with Crippen LogP contribution < -0.4 is 11.1 Å². The molecule has 1 aliphatic carbocycles. The molecule has 3 N–H and O–H groups in total. The third kappa shape index (κ3) is 2.56. The van der Waals surface area contributed by atoms with Gasteiger partial charge in [-0.3, -0.25) is 4.79 Å². The SMILES string of the molecule is Cc1ncc(C(=O)NC(C(N)=S)C2CC2)s1. The summed E-state index contributed by atoms with van der Waals surface area (Å²) in [7, 11) is 0. The molecule has 1 saturated carbocycles. The maximum atomic E-state index is 11.8.